The number of likely N-dealkylation sites (tertiary alicyclic amines) is 1. The van der Waals surface area contributed by atoms with Crippen molar-refractivity contribution in [3.63, 3.8) is 0 Å². The second-order valence-corrected chi connectivity index (χ2v) is 8.41. The number of anilines is 1. The zero-order valence-electron chi connectivity index (χ0n) is 11.9. The molecule has 1 aliphatic rings. The van der Waals surface area contributed by atoms with Crippen molar-refractivity contribution >= 4 is 37.4 Å². The molecule has 1 amide bonds. The number of carbonyl (C=O) groups is 1. The predicted molar refractivity (Wildman–Crippen MR) is 85.6 cm³/mol. The van der Waals surface area contributed by atoms with Gasteiger partial charge in [-0.15, -0.1) is 0 Å². The van der Waals surface area contributed by atoms with Crippen LogP contribution < -0.4 is 5.73 Å². The van der Waals surface area contributed by atoms with E-state index >= 15 is 0 Å². The van der Waals surface area contributed by atoms with Crippen LogP contribution in [0.25, 0.3) is 0 Å². The van der Waals surface area contributed by atoms with Gasteiger partial charge in [0.1, 0.15) is 5.25 Å². The van der Waals surface area contributed by atoms with Crippen molar-refractivity contribution in [2.24, 2.45) is 0 Å². The SMILES string of the molecule is CC(C(=O)N1CCCCC1)S(=O)(=O)c1cc(Br)ccc1N. The molecule has 0 aliphatic carbocycles. The zero-order valence-corrected chi connectivity index (χ0v) is 14.3. The Kier molecular flexibility index (Phi) is 4.93. The molecule has 1 aromatic carbocycles. The molecule has 1 atom stereocenters. The Balaban J connectivity index is 2.29. The van der Waals surface area contributed by atoms with E-state index in [-0.39, 0.29) is 16.5 Å². The van der Waals surface area contributed by atoms with Crippen LogP contribution >= 0.6 is 15.9 Å². The Morgan fingerprint density at radius 1 is 1.29 bits per heavy atom. The van der Waals surface area contributed by atoms with Gasteiger partial charge in [0.25, 0.3) is 0 Å². The fraction of sp³-hybridized carbons (Fsp3) is 0.500. The van der Waals surface area contributed by atoms with Gasteiger partial charge in [-0.2, -0.15) is 0 Å². The van der Waals surface area contributed by atoms with Gasteiger partial charge in [0, 0.05) is 17.6 Å². The number of benzene rings is 1. The molecule has 1 saturated heterocycles. The maximum atomic E-state index is 12.6. The summed E-state index contributed by atoms with van der Waals surface area (Å²) in [5.41, 5.74) is 5.93. The molecule has 1 aromatic rings. The van der Waals surface area contributed by atoms with Crippen LogP contribution in [-0.4, -0.2) is 37.6 Å². The average Bonchev–Trinajstić information content (AvgIpc) is 2.49. The van der Waals surface area contributed by atoms with Gasteiger partial charge in [0.2, 0.25) is 5.91 Å². The van der Waals surface area contributed by atoms with Crippen LogP contribution in [0.4, 0.5) is 5.69 Å². The van der Waals surface area contributed by atoms with E-state index in [1.807, 2.05) is 0 Å². The molecule has 2 rings (SSSR count). The number of nitrogens with zero attached hydrogens (tertiary/aromatic N) is 1. The molecule has 0 spiro atoms. The van der Waals surface area contributed by atoms with Crippen LogP contribution in [0.1, 0.15) is 26.2 Å². The Bertz CT molecular complexity index is 640. The van der Waals surface area contributed by atoms with Crippen molar-refractivity contribution in [1.29, 1.82) is 0 Å². The first-order chi connectivity index (χ1) is 9.84. The van der Waals surface area contributed by atoms with Crippen molar-refractivity contribution in [3.8, 4) is 0 Å². The van der Waals surface area contributed by atoms with Gasteiger partial charge in [-0.25, -0.2) is 8.42 Å². The topological polar surface area (TPSA) is 80.5 Å². The average molecular weight is 375 g/mol. The third kappa shape index (κ3) is 3.40. The monoisotopic (exact) mass is 374 g/mol. The number of amides is 1. The van der Waals surface area contributed by atoms with Crippen LogP contribution in [0.2, 0.25) is 0 Å². The molecule has 0 saturated carbocycles. The molecule has 0 bridgehead atoms. The molecule has 1 heterocycles. The van der Waals surface area contributed by atoms with Gasteiger partial charge in [-0.3, -0.25) is 4.79 Å². The molecule has 5 nitrogen and oxygen atoms in total. The number of halogens is 1. The van der Waals surface area contributed by atoms with E-state index in [9.17, 15) is 13.2 Å². The summed E-state index contributed by atoms with van der Waals surface area (Å²) >= 11 is 3.24. The highest BCUT2D eigenvalue weighted by Gasteiger charge is 2.34. The van der Waals surface area contributed by atoms with Crippen molar-refractivity contribution in [1.82, 2.24) is 4.90 Å². The normalized spacial score (nSPS) is 17.5. The van der Waals surface area contributed by atoms with Crippen LogP contribution in [0.15, 0.2) is 27.6 Å². The molecule has 1 aliphatic heterocycles. The summed E-state index contributed by atoms with van der Waals surface area (Å²) < 4.78 is 25.9. The summed E-state index contributed by atoms with van der Waals surface area (Å²) in [7, 11) is -3.79. The molecule has 1 unspecified atom stereocenters. The lowest BCUT2D eigenvalue weighted by molar-refractivity contribution is -0.131. The first-order valence-electron chi connectivity index (χ1n) is 6.92. The van der Waals surface area contributed by atoms with E-state index in [0.717, 1.165) is 19.3 Å². The lowest BCUT2D eigenvalue weighted by Crippen LogP contribution is -2.44. The van der Waals surface area contributed by atoms with Gasteiger partial charge in [-0.05, 0) is 44.4 Å². The molecule has 21 heavy (non-hydrogen) atoms. The number of nitrogens with two attached hydrogens (primary N) is 1. The fourth-order valence-electron chi connectivity index (χ4n) is 2.45. The Hall–Kier alpha value is -1.08. The quantitative estimate of drug-likeness (QED) is 0.822. The number of hydrogen-bond donors (Lipinski definition) is 1. The minimum absolute atomic E-state index is 0.00901. The maximum Gasteiger partial charge on any atom is 0.241 e. The van der Waals surface area contributed by atoms with Crippen molar-refractivity contribution < 1.29 is 13.2 Å². The molecule has 116 valence electrons. The Morgan fingerprint density at radius 2 is 1.90 bits per heavy atom. The highest BCUT2D eigenvalue weighted by atomic mass is 79.9. The summed E-state index contributed by atoms with van der Waals surface area (Å²) in [6.45, 7) is 2.70. The maximum absolute atomic E-state index is 12.6. The number of rotatable bonds is 3. The van der Waals surface area contributed by atoms with E-state index in [1.54, 1.807) is 11.0 Å². The van der Waals surface area contributed by atoms with E-state index in [1.165, 1.54) is 19.1 Å². The van der Waals surface area contributed by atoms with Crippen molar-refractivity contribution in [2.45, 2.75) is 36.3 Å². The standard InChI is InChI=1S/C14H19BrN2O3S/c1-10(14(18)17-7-3-2-4-8-17)21(19,20)13-9-11(15)5-6-12(13)16/h5-6,9-10H,2-4,7-8,16H2,1H3. The molecule has 7 heteroatoms. The number of piperidine rings is 1. The molecule has 0 radical (unpaired) electrons. The zero-order chi connectivity index (χ0) is 15.6. The highest BCUT2D eigenvalue weighted by molar-refractivity contribution is 9.10. The highest BCUT2D eigenvalue weighted by Crippen LogP contribution is 2.27. The van der Waals surface area contributed by atoms with Crippen molar-refractivity contribution in [3.05, 3.63) is 22.7 Å². The first-order valence-corrected chi connectivity index (χ1v) is 9.25. The van der Waals surface area contributed by atoms with Crippen LogP contribution in [0, 0.1) is 0 Å². The van der Waals surface area contributed by atoms with E-state index < -0.39 is 15.1 Å². The first kappa shape index (κ1) is 16.3. The molecule has 0 aromatic heterocycles. The smallest absolute Gasteiger partial charge is 0.241 e. The van der Waals surface area contributed by atoms with Gasteiger partial charge in [-0.1, -0.05) is 15.9 Å². The molecule has 1 fully saturated rings. The number of carbonyl (C=O) groups excluding carboxylic acids is 1. The van der Waals surface area contributed by atoms with E-state index in [0.29, 0.717) is 17.6 Å². The van der Waals surface area contributed by atoms with Gasteiger partial charge in [0.15, 0.2) is 9.84 Å². The van der Waals surface area contributed by atoms with E-state index in [4.69, 9.17) is 5.73 Å². The van der Waals surface area contributed by atoms with Gasteiger partial charge in [0.05, 0.1) is 10.6 Å². The largest absolute Gasteiger partial charge is 0.398 e. The van der Waals surface area contributed by atoms with Gasteiger partial charge >= 0.3 is 0 Å². The minimum Gasteiger partial charge on any atom is -0.398 e. The van der Waals surface area contributed by atoms with Crippen LogP contribution in [0.3, 0.4) is 0 Å². The Morgan fingerprint density at radius 3 is 2.52 bits per heavy atom. The second kappa shape index (κ2) is 6.36. The third-order valence-corrected chi connectivity index (χ3v) is 6.36. The van der Waals surface area contributed by atoms with E-state index in [2.05, 4.69) is 15.9 Å². The molecule has 2 N–H and O–H groups in total. The van der Waals surface area contributed by atoms with Crippen molar-refractivity contribution in [2.75, 3.05) is 18.8 Å². The third-order valence-electron chi connectivity index (χ3n) is 3.76. The minimum atomic E-state index is -3.79. The number of hydrogen-bond acceptors (Lipinski definition) is 4. The summed E-state index contributed by atoms with van der Waals surface area (Å²) in [6, 6.07) is 4.64. The summed E-state index contributed by atoms with van der Waals surface area (Å²) in [4.78, 5) is 14.1. The molecular weight excluding hydrogens is 356 g/mol. The number of nitrogen functional groups attached to an aromatic ring is 1. The summed E-state index contributed by atoms with van der Waals surface area (Å²) in [5, 5.41) is -1.12. The Labute approximate surface area is 133 Å². The van der Waals surface area contributed by atoms with Gasteiger partial charge < -0.3 is 10.6 Å². The van der Waals surface area contributed by atoms with Crippen LogP contribution in [0.5, 0.6) is 0 Å². The second-order valence-electron chi connectivity index (χ2n) is 5.26. The summed E-state index contributed by atoms with van der Waals surface area (Å²) in [5.74, 6) is -0.339. The number of sulfone groups is 1. The lowest BCUT2D eigenvalue weighted by Gasteiger charge is -2.29. The van der Waals surface area contributed by atoms with Crippen LogP contribution in [-0.2, 0) is 14.6 Å². The summed E-state index contributed by atoms with van der Waals surface area (Å²) in [6.07, 6.45) is 2.94. The lowest BCUT2D eigenvalue weighted by atomic mass is 10.1. The molecular formula is C14H19BrN2O3S. The predicted octanol–water partition coefficient (Wildman–Crippen LogP) is 2.21. The fourth-order valence-corrected chi connectivity index (χ4v) is 4.45.